The molecule has 8 nitrogen and oxygen atoms in total. The fourth-order valence-corrected chi connectivity index (χ4v) is 5.82. The van der Waals surface area contributed by atoms with Crippen LogP contribution in [0.3, 0.4) is 0 Å². The number of hydrogen-bond acceptors (Lipinski definition) is 7. The van der Waals surface area contributed by atoms with Gasteiger partial charge in [0.1, 0.15) is 34.0 Å². The van der Waals surface area contributed by atoms with E-state index in [0.29, 0.717) is 12.2 Å². The summed E-state index contributed by atoms with van der Waals surface area (Å²) in [5.74, 6) is 0.298. The minimum atomic E-state index is -0.942. The van der Waals surface area contributed by atoms with Crippen LogP contribution in [0, 0.1) is 6.92 Å². The third-order valence-electron chi connectivity index (χ3n) is 7.94. The number of ether oxygens (including phenoxy) is 2. The summed E-state index contributed by atoms with van der Waals surface area (Å²) in [7, 11) is 0. The van der Waals surface area contributed by atoms with Gasteiger partial charge < -0.3 is 14.3 Å². The molecule has 0 amide bonds. The molecule has 0 saturated heterocycles. The molecule has 48 heavy (non-hydrogen) atoms. The van der Waals surface area contributed by atoms with E-state index in [4.69, 9.17) is 14.3 Å². The van der Waals surface area contributed by atoms with E-state index in [1.807, 2.05) is 125 Å². The molecule has 1 N–H and O–H groups in total. The molecule has 0 unspecified atom stereocenters. The Hall–Kier alpha value is -5.65. The van der Waals surface area contributed by atoms with Crippen LogP contribution in [0.15, 0.2) is 138 Å². The van der Waals surface area contributed by atoms with Crippen LogP contribution in [0.1, 0.15) is 43.0 Å². The molecule has 0 bridgehead atoms. The van der Waals surface area contributed by atoms with Crippen LogP contribution < -0.4 is 14.9 Å². The van der Waals surface area contributed by atoms with Crippen molar-refractivity contribution >= 4 is 17.0 Å². The number of nitrogens with one attached hydrogen (secondary N) is 1. The number of rotatable bonds is 12. The summed E-state index contributed by atoms with van der Waals surface area (Å²) in [6, 6.07) is 32.9. The largest absolute Gasteiger partial charge is 0.459 e. The van der Waals surface area contributed by atoms with Crippen LogP contribution in [-0.2, 0) is 21.5 Å². The van der Waals surface area contributed by atoms with Gasteiger partial charge in [-0.25, -0.2) is 0 Å². The standard InChI is InChI=1S/C40H38N4O4/c1-29-26-30(24-25-37(29)46-28-47-44-36-23-15-14-22-34(36)42-43-44)27-35(38(45)48-39(2,3)4)41-40(31-16-8-5-9-17-31,32-18-10-6-11-19-32)33-20-12-7-13-21-33/h5-12,14-20,22-26,35,41H,27-28H2,1-4H3/t35-/m1/s1. The van der Waals surface area contributed by atoms with E-state index in [9.17, 15) is 4.79 Å². The van der Waals surface area contributed by atoms with Gasteiger partial charge in [0.2, 0.25) is 0 Å². The van der Waals surface area contributed by atoms with E-state index in [-0.39, 0.29) is 12.8 Å². The zero-order valence-corrected chi connectivity index (χ0v) is 27.5. The Morgan fingerprint density at radius 2 is 1.60 bits per heavy atom. The maximum absolute atomic E-state index is 14.1. The molecular weight excluding hydrogens is 600 g/mol. The lowest BCUT2D eigenvalue weighted by Crippen LogP contribution is -2.54. The first-order valence-electron chi connectivity index (χ1n) is 15.9. The monoisotopic (exact) mass is 638 g/mol. The van der Waals surface area contributed by atoms with Crippen LogP contribution in [0.2, 0.25) is 0 Å². The zero-order chi connectivity index (χ0) is 33.6. The van der Waals surface area contributed by atoms with Crippen molar-refractivity contribution in [2.24, 2.45) is 0 Å². The van der Waals surface area contributed by atoms with Crippen molar-refractivity contribution in [3.63, 3.8) is 0 Å². The highest BCUT2D eigenvalue weighted by Gasteiger charge is 2.42. The molecule has 0 aliphatic heterocycles. The maximum Gasteiger partial charge on any atom is 0.324 e. The Bertz CT molecular complexity index is 1990. The number of esters is 1. The highest BCUT2D eigenvalue weighted by atomic mass is 16.8. The van der Waals surface area contributed by atoms with Crippen molar-refractivity contribution in [3.8, 4) is 5.75 Å². The molecule has 5 aromatic rings. The van der Waals surface area contributed by atoms with Crippen molar-refractivity contribution in [1.82, 2.24) is 20.5 Å². The van der Waals surface area contributed by atoms with Gasteiger partial charge in [-0.2, -0.15) is 0 Å². The van der Waals surface area contributed by atoms with E-state index in [1.54, 1.807) is 0 Å². The van der Waals surface area contributed by atoms with Gasteiger partial charge in [0, 0.05) is 5.57 Å². The van der Waals surface area contributed by atoms with Crippen molar-refractivity contribution < 1.29 is 19.1 Å². The number of nitrogens with zero attached hydrogens (tertiary/aromatic N) is 3. The molecule has 8 heteroatoms. The van der Waals surface area contributed by atoms with Gasteiger partial charge in [0.15, 0.2) is 0 Å². The van der Waals surface area contributed by atoms with Crippen molar-refractivity contribution in [2.45, 2.75) is 51.3 Å². The summed E-state index contributed by atoms with van der Waals surface area (Å²) < 4.78 is 12.0. The minimum absolute atomic E-state index is 0.0586. The third-order valence-corrected chi connectivity index (χ3v) is 7.94. The second-order valence-electron chi connectivity index (χ2n) is 12.6. The molecule has 0 spiro atoms. The Morgan fingerprint density at radius 3 is 2.25 bits per heavy atom. The topological polar surface area (TPSA) is 87.5 Å². The van der Waals surface area contributed by atoms with E-state index in [0.717, 1.165) is 38.9 Å². The van der Waals surface area contributed by atoms with E-state index >= 15 is 0 Å². The number of carbonyl (C=O) groups is 1. The van der Waals surface area contributed by atoms with E-state index in [1.165, 1.54) is 4.85 Å². The molecule has 0 fully saturated rings. The quantitative estimate of drug-likeness (QED) is 0.0914. The summed E-state index contributed by atoms with van der Waals surface area (Å²) in [6.07, 6.45) is 6.13. The van der Waals surface area contributed by atoms with Gasteiger partial charge in [-0.1, -0.05) is 107 Å². The number of benzene rings is 4. The molecule has 1 atom stereocenters. The van der Waals surface area contributed by atoms with Gasteiger partial charge >= 0.3 is 5.97 Å². The van der Waals surface area contributed by atoms with Crippen molar-refractivity contribution in [3.05, 3.63) is 161 Å². The molecule has 1 aliphatic carbocycles. The molecule has 6 rings (SSSR count). The van der Waals surface area contributed by atoms with Crippen LogP contribution in [-0.4, -0.2) is 39.6 Å². The molecule has 1 aliphatic rings. The Morgan fingerprint density at radius 1 is 0.917 bits per heavy atom. The summed E-state index contributed by atoms with van der Waals surface area (Å²) in [4.78, 5) is 21.1. The van der Waals surface area contributed by atoms with Gasteiger partial charge in [-0.3, -0.25) is 10.1 Å². The highest BCUT2D eigenvalue weighted by Crippen LogP contribution is 2.39. The fraction of sp³-hybridized carbons (Fsp3) is 0.225. The molecular formula is C40H38N4O4. The summed E-state index contributed by atoms with van der Waals surface area (Å²) >= 11 is 0. The Kier molecular flexibility index (Phi) is 9.42. The van der Waals surface area contributed by atoms with Crippen molar-refractivity contribution in [1.29, 1.82) is 0 Å². The zero-order valence-electron chi connectivity index (χ0n) is 27.5. The molecule has 0 saturated carbocycles. The number of aryl methyl sites for hydroxylation is 1. The average molecular weight is 639 g/mol. The smallest absolute Gasteiger partial charge is 0.324 e. The van der Waals surface area contributed by atoms with Gasteiger partial charge in [0.05, 0.1) is 0 Å². The number of allylic oxidation sites excluding steroid dienone is 2. The number of carbonyl (C=O) groups excluding carboxylic acids is 1. The maximum atomic E-state index is 14.1. The molecule has 242 valence electrons. The predicted molar refractivity (Wildman–Crippen MR) is 185 cm³/mol. The van der Waals surface area contributed by atoms with E-state index < -0.39 is 17.2 Å². The normalized spacial score (nSPS) is 13.3. The SMILES string of the molecule is Cc1cc(C[C@@H](NC(C2=C=C=CC=C2)(c2ccccc2)c2ccccc2)C(=O)OC(C)(C)C)ccc1OCOn1nnc2ccccc21. The lowest BCUT2D eigenvalue weighted by molar-refractivity contribution is -0.157. The molecule has 1 aromatic heterocycles. The average Bonchev–Trinajstić information content (AvgIpc) is 3.51. The summed E-state index contributed by atoms with van der Waals surface area (Å²) in [6.45, 7) is 7.54. The molecule has 0 radical (unpaired) electrons. The van der Waals surface area contributed by atoms with Crippen LogP contribution in [0.5, 0.6) is 5.75 Å². The third kappa shape index (κ3) is 7.17. The molecule has 4 aromatic carbocycles. The first kappa shape index (κ1) is 32.3. The number of hydrogen-bond donors (Lipinski definition) is 1. The van der Waals surface area contributed by atoms with Crippen molar-refractivity contribution in [2.75, 3.05) is 6.79 Å². The number of fused-ring (bicyclic) bond motifs is 1. The second kappa shape index (κ2) is 14.0. The summed E-state index contributed by atoms with van der Waals surface area (Å²) in [5.41, 5.74) is 10.9. The first-order chi connectivity index (χ1) is 23.2. The van der Waals surface area contributed by atoms with Gasteiger partial charge in [-0.15, -0.1) is 5.10 Å². The van der Waals surface area contributed by atoms with Crippen LogP contribution in [0.4, 0.5) is 0 Å². The highest BCUT2D eigenvalue weighted by molar-refractivity contribution is 5.77. The second-order valence-corrected chi connectivity index (χ2v) is 12.6. The van der Waals surface area contributed by atoms with Gasteiger partial charge in [0.25, 0.3) is 6.79 Å². The van der Waals surface area contributed by atoms with Crippen LogP contribution >= 0.6 is 0 Å². The van der Waals surface area contributed by atoms with E-state index in [2.05, 4.69) is 51.4 Å². The minimum Gasteiger partial charge on any atom is -0.459 e. The predicted octanol–water partition coefficient (Wildman–Crippen LogP) is 6.80. The number of para-hydroxylation sites is 1. The Labute approximate surface area is 280 Å². The van der Waals surface area contributed by atoms with Gasteiger partial charge in [-0.05, 0) is 91.9 Å². The fourth-order valence-electron chi connectivity index (χ4n) is 5.82. The lowest BCUT2D eigenvalue weighted by Gasteiger charge is -2.40. The summed E-state index contributed by atoms with van der Waals surface area (Å²) in [5, 5.41) is 11.9. The van der Waals surface area contributed by atoms with Crippen LogP contribution in [0.25, 0.3) is 11.0 Å². The Balaban J connectivity index is 1.31. The lowest BCUT2D eigenvalue weighted by atomic mass is 9.75. The first-order valence-corrected chi connectivity index (χ1v) is 15.9. The molecule has 1 heterocycles. The number of aromatic nitrogens is 3.